The van der Waals surface area contributed by atoms with Gasteiger partial charge in [-0.3, -0.25) is 10.1 Å². The van der Waals surface area contributed by atoms with Crippen LogP contribution in [0.2, 0.25) is 0 Å². The van der Waals surface area contributed by atoms with Crippen molar-refractivity contribution in [2.75, 3.05) is 0 Å². The maximum Gasteiger partial charge on any atom is 0.407 e. The number of nitro groups is 1. The topological polar surface area (TPSA) is 104 Å². The van der Waals surface area contributed by atoms with Crippen molar-refractivity contribution in [3.8, 4) is 0 Å². The van der Waals surface area contributed by atoms with Crippen LogP contribution < -0.4 is 0 Å². The molecule has 1 amide bonds. The monoisotopic (exact) mass is 266 g/mol. The number of nitrogens with zero attached hydrogens (tertiary/aromatic N) is 2. The minimum absolute atomic E-state index is 0.195. The van der Waals surface area contributed by atoms with Gasteiger partial charge in [0.2, 0.25) is 0 Å². The number of rotatable bonds is 3. The Bertz CT molecular complexity index is 505. The first-order valence-corrected chi connectivity index (χ1v) is 5.87. The molecule has 0 spiro atoms. The highest BCUT2D eigenvalue weighted by atomic mass is 16.7. The molecule has 0 saturated heterocycles. The SMILES string of the molecule is O=C(O)N1Cc2ccccc2C[C@H]1C[C@@H](O)[N+](=O)[O-]. The van der Waals surface area contributed by atoms with Gasteiger partial charge in [0, 0.05) is 12.6 Å². The van der Waals surface area contributed by atoms with Crippen molar-refractivity contribution < 1.29 is 19.9 Å². The zero-order valence-corrected chi connectivity index (χ0v) is 10.1. The van der Waals surface area contributed by atoms with Crippen molar-refractivity contribution in [3.05, 3.63) is 45.5 Å². The number of aliphatic hydroxyl groups excluding tert-OH is 1. The number of benzene rings is 1. The first-order chi connectivity index (χ1) is 8.99. The lowest BCUT2D eigenvalue weighted by atomic mass is 9.92. The Morgan fingerprint density at radius 2 is 2.11 bits per heavy atom. The van der Waals surface area contributed by atoms with E-state index in [4.69, 9.17) is 5.11 Å². The lowest BCUT2D eigenvalue weighted by Gasteiger charge is -2.34. The molecule has 0 saturated carbocycles. The fourth-order valence-corrected chi connectivity index (χ4v) is 2.35. The van der Waals surface area contributed by atoms with Crippen molar-refractivity contribution in [2.45, 2.75) is 31.7 Å². The van der Waals surface area contributed by atoms with E-state index in [1.807, 2.05) is 24.3 Å². The van der Waals surface area contributed by atoms with Gasteiger partial charge in [0.1, 0.15) is 0 Å². The standard InChI is InChI=1S/C12H14N2O5/c15-11(14(18)19)6-10-5-8-3-1-2-4-9(8)7-13(10)12(16)17/h1-4,10-11,15H,5-7H2,(H,16,17)/t10-,11+/m0/s1. The molecule has 1 aliphatic heterocycles. The average molecular weight is 266 g/mol. The first kappa shape index (κ1) is 13.3. The summed E-state index contributed by atoms with van der Waals surface area (Å²) in [6.07, 6.45) is -2.69. The summed E-state index contributed by atoms with van der Waals surface area (Å²) in [6.45, 7) is 0.195. The van der Waals surface area contributed by atoms with E-state index in [0.717, 1.165) is 16.0 Å². The maximum atomic E-state index is 11.2. The lowest BCUT2D eigenvalue weighted by Crippen LogP contribution is -2.46. The number of aliphatic hydroxyl groups is 1. The Hall–Kier alpha value is -2.15. The fourth-order valence-electron chi connectivity index (χ4n) is 2.35. The Labute approximate surface area is 109 Å². The molecular weight excluding hydrogens is 252 g/mol. The smallest absolute Gasteiger partial charge is 0.407 e. The van der Waals surface area contributed by atoms with Crippen LogP contribution in [0.3, 0.4) is 0 Å². The van der Waals surface area contributed by atoms with Crippen LogP contribution in [0.5, 0.6) is 0 Å². The van der Waals surface area contributed by atoms with E-state index in [2.05, 4.69) is 0 Å². The Kier molecular flexibility index (Phi) is 3.66. The molecule has 102 valence electrons. The molecule has 7 heteroatoms. The van der Waals surface area contributed by atoms with Gasteiger partial charge in [0.05, 0.1) is 11.3 Å². The third-order valence-corrected chi connectivity index (χ3v) is 3.33. The zero-order chi connectivity index (χ0) is 14.0. The van der Waals surface area contributed by atoms with Crippen LogP contribution in [0.4, 0.5) is 4.79 Å². The zero-order valence-electron chi connectivity index (χ0n) is 10.1. The molecule has 1 heterocycles. The van der Waals surface area contributed by atoms with E-state index in [1.165, 1.54) is 0 Å². The number of carbonyl (C=O) groups is 1. The van der Waals surface area contributed by atoms with Crippen LogP contribution >= 0.6 is 0 Å². The lowest BCUT2D eigenvalue weighted by molar-refractivity contribution is -0.572. The van der Waals surface area contributed by atoms with Crippen LogP contribution in [-0.2, 0) is 13.0 Å². The highest BCUT2D eigenvalue weighted by Crippen LogP contribution is 2.25. The van der Waals surface area contributed by atoms with Crippen LogP contribution in [0.1, 0.15) is 17.5 Å². The van der Waals surface area contributed by atoms with E-state index in [-0.39, 0.29) is 13.0 Å². The van der Waals surface area contributed by atoms with Crippen molar-refractivity contribution >= 4 is 6.09 Å². The molecule has 2 atom stereocenters. The van der Waals surface area contributed by atoms with Gasteiger partial charge in [-0.1, -0.05) is 24.3 Å². The summed E-state index contributed by atoms with van der Waals surface area (Å²) in [5.74, 6) is 0. The third-order valence-electron chi connectivity index (χ3n) is 3.33. The number of fused-ring (bicyclic) bond motifs is 1. The van der Waals surface area contributed by atoms with E-state index in [1.54, 1.807) is 0 Å². The van der Waals surface area contributed by atoms with E-state index >= 15 is 0 Å². The normalized spacial score (nSPS) is 19.6. The van der Waals surface area contributed by atoms with Crippen molar-refractivity contribution in [1.82, 2.24) is 4.90 Å². The highest BCUT2D eigenvalue weighted by molar-refractivity contribution is 5.66. The highest BCUT2D eigenvalue weighted by Gasteiger charge is 2.33. The van der Waals surface area contributed by atoms with Gasteiger partial charge >= 0.3 is 12.3 Å². The summed E-state index contributed by atoms with van der Waals surface area (Å²) in [6, 6.07) is 6.81. The summed E-state index contributed by atoms with van der Waals surface area (Å²) in [7, 11) is 0. The molecule has 2 rings (SSSR count). The molecule has 0 bridgehead atoms. The second kappa shape index (κ2) is 5.23. The third kappa shape index (κ3) is 2.82. The van der Waals surface area contributed by atoms with Gasteiger partial charge in [-0.2, -0.15) is 0 Å². The summed E-state index contributed by atoms with van der Waals surface area (Å²) >= 11 is 0. The average Bonchev–Trinajstić information content (AvgIpc) is 2.37. The van der Waals surface area contributed by atoms with E-state index < -0.39 is 23.3 Å². The number of hydrogen-bond donors (Lipinski definition) is 2. The van der Waals surface area contributed by atoms with Crippen molar-refractivity contribution in [1.29, 1.82) is 0 Å². The largest absolute Gasteiger partial charge is 0.465 e. The number of amides is 1. The molecule has 1 aliphatic rings. The Morgan fingerprint density at radius 1 is 1.47 bits per heavy atom. The molecule has 0 fully saturated rings. The van der Waals surface area contributed by atoms with E-state index in [0.29, 0.717) is 6.42 Å². The molecule has 0 radical (unpaired) electrons. The molecule has 19 heavy (non-hydrogen) atoms. The second-order valence-electron chi connectivity index (χ2n) is 4.54. The number of hydrogen-bond acceptors (Lipinski definition) is 4. The molecule has 1 aromatic carbocycles. The first-order valence-electron chi connectivity index (χ1n) is 5.87. The summed E-state index contributed by atoms with van der Waals surface area (Å²) in [5, 5.41) is 29.0. The molecule has 0 aliphatic carbocycles. The fraction of sp³-hybridized carbons (Fsp3) is 0.417. The van der Waals surface area contributed by atoms with E-state index in [9.17, 15) is 20.0 Å². The predicted molar refractivity (Wildman–Crippen MR) is 65.1 cm³/mol. The minimum Gasteiger partial charge on any atom is -0.465 e. The van der Waals surface area contributed by atoms with Gasteiger partial charge < -0.3 is 15.1 Å². The predicted octanol–water partition coefficient (Wildman–Crippen LogP) is 1.08. The summed E-state index contributed by atoms with van der Waals surface area (Å²) < 4.78 is 0. The van der Waals surface area contributed by atoms with Gasteiger partial charge in [-0.25, -0.2) is 4.79 Å². The number of carboxylic acid groups (broad SMARTS) is 1. The summed E-state index contributed by atoms with van der Waals surface area (Å²) in [5.41, 5.74) is 1.87. The van der Waals surface area contributed by atoms with Gasteiger partial charge in [-0.05, 0) is 17.5 Å². The minimum atomic E-state index is -1.74. The molecule has 1 aromatic rings. The van der Waals surface area contributed by atoms with Gasteiger partial charge in [0.15, 0.2) is 0 Å². The van der Waals surface area contributed by atoms with Crippen LogP contribution in [0, 0.1) is 10.1 Å². The maximum absolute atomic E-state index is 11.2. The quantitative estimate of drug-likeness (QED) is 0.484. The molecule has 2 N–H and O–H groups in total. The van der Waals surface area contributed by atoms with Crippen molar-refractivity contribution in [3.63, 3.8) is 0 Å². The second-order valence-corrected chi connectivity index (χ2v) is 4.54. The van der Waals surface area contributed by atoms with Crippen molar-refractivity contribution in [2.24, 2.45) is 0 Å². The van der Waals surface area contributed by atoms with Gasteiger partial charge in [0.25, 0.3) is 0 Å². The van der Waals surface area contributed by atoms with Crippen LogP contribution in [-0.4, -0.2) is 38.4 Å². The summed E-state index contributed by atoms with van der Waals surface area (Å²) in [4.78, 5) is 22.0. The Morgan fingerprint density at radius 3 is 2.68 bits per heavy atom. The molecule has 0 aromatic heterocycles. The van der Waals surface area contributed by atoms with Crippen LogP contribution in [0.15, 0.2) is 24.3 Å². The molecule has 0 unspecified atom stereocenters. The Balaban J connectivity index is 2.21. The molecule has 7 nitrogen and oxygen atoms in total. The molecular formula is C12H14N2O5. The van der Waals surface area contributed by atoms with Gasteiger partial charge in [-0.15, -0.1) is 0 Å². The van der Waals surface area contributed by atoms with Crippen LogP contribution in [0.25, 0.3) is 0 Å².